The fraction of sp³-hybridized carbons (Fsp3) is 0.212. The Balaban J connectivity index is 1.08. The maximum atomic E-state index is 4.65. The Kier molecular flexibility index (Phi) is 5.52. The number of benzene rings is 2. The Labute approximate surface area is 247 Å². The Bertz CT molecular complexity index is 1890. The Morgan fingerprint density at radius 2 is 1.07 bits per heavy atom. The van der Waals surface area contributed by atoms with Crippen LogP contribution in [0.1, 0.15) is 25.0 Å². The van der Waals surface area contributed by atoms with Gasteiger partial charge in [0.1, 0.15) is 22.0 Å². The Morgan fingerprint density at radius 3 is 1.54 bits per heavy atom. The summed E-state index contributed by atoms with van der Waals surface area (Å²) in [5.41, 5.74) is 5.13. The number of hydrogen-bond donors (Lipinski definition) is 0. The van der Waals surface area contributed by atoms with E-state index in [-0.39, 0.29) is 12.3 Å². The van der Waals surface area contributed by atoms with Gasteiger partial charge in [-0.25, -0.2) is 9.97 Å². The van der Waals surface area contributed by atoms with Crippen LogP contribution in [0.2, 0.25) is 0 Å². The zero-order chi connectivity index (χ0) is 27.8. The third-order valence-corrected chi connectivity index (χ3v) is 10.9. The van der Waals surface area contributed by atoms with Gasteiger partial charge < -0.3 is 19.6 Å². The second-order valence-corrected chi connectivity index (χ2v) is 13.0. The highest BCUT2D eigenvalue weighted by molar-refractivity contribution is 7.26. The highest BCUT2D eigenvalue weighted by Gasteiger charge is 2.32. The number of nitrogens with zero attached hydrogens (tertiary/aromatic N) is 6. The van der Waals surface area contributed by atoms with Gasteiger partial charge in [0, 0.05) is 58.7 Å². The number of pyridine rings is 2. The van der Waals surface area contributed by atoms with Crippen LogP contribution in [0.4, 0.5) is 11.4 Å². The molecule has 0 amide bonds. The minimum atomic E-state index is 0.186. The van der Waals surface area contributed by atoms with E-state index in [1.807, 2.05) is 24.5 Å². The molecular formula is C33H30N6S2. The number of hydrogen-bond acceptors (Lipinski definition) is 8. The third kappa shape index (κ3) is 3.67. The van der Waals surface area contributed by atoms with Crippen molar-refractivity contribution in [3.8, 4) is 0 Å². The predicted octanol–water partition coefficient (Wildman–Crippen LogP) is 8.37. The molecule has 0 N–H and O–H groups in total. The van der Waals surface area contributed by atoms with E-state index >= 15 is 0 Å². The minimum absolute atomic E-state index is 0.186. The van der Waals surface area contributed by atoms with Gasteiger partial charge in [-0.2, -0.15) is 0 Å². The van der Waals surface area contributed by atoms with Crippen molar-refractivity contribution < 1.29 is 0 Å². The molecule has 8 heteroatoms. The van der Waals surface area contributed by atoms with Crippen molar-refractivity contribution in [2.75, 3.05) is 16.5 Å². The van der Waals surface area contributed by atoms with Gasteiger partial charge in [0.2, 0.25) is 0 Å². The van der Waals surface area contributed by atoms with Gasteiger partial charge in [-0.05, 0) is 63.1 Å². The highest BCUT2D eigenvalue weighted by atomic mass is 32.1. The molecule has 6 aromatic rings. The van der Waals surface area contributed by atoms with Gasteiger partial charge in [-0.3, -0.25) is 0 Å². The van der Waals surface area contributed by atoms with Crippen LogP contribution in [0.15, 0.2) is 85.7 Å². The third-order valence-electron chi connectivity index (χ3n) is 8.63. The van der Waals surface area contributed by atoms with Crippen molar-refractivity contribution in [3.63, 3.8) is 0 Å². The van der Waals surface area contributed by atoms with E-state index in [1.165, 1.54) is 53.4 Å². The summed E-state index contributed by atoms with van der Waals surface area (Å²) < 4.78 is 2.61. The molecule has 0 aliphatic carbocycles. The summed E-state index contributed by atoms with van der Waals surface area (Å²) >= 11 is 3.58. The van der Waals surface area contributed by atoms with E-state index in [9.17, 15) is 0 Å². The van der Waals surface area contributed by atoms with Gasteiger partial charge in [-0.15, -0.1) is 22.7 Å². The monoisotopic (exact) mass is 574 g/mol. The fourth-order valence-corrected chi connectivity index (χ4v) is 8.83. The average molecular weight is 575 g/mol. The van der Waals surface area contributed by atoms with Crippen LogP contribution in [-0.2, 0) is 0 Å². The molecule has 0 fully saturated rings. The van der Waals surface area contributed by atoms with Gasteiger partial charge in [0.05, 0.1) is 27.4 Å². The first-order valence-electron chi connectivity index (χ1n) is 14.0. The second kappa shape index (κ2) is 9.19. The van der Waals surface area contributed by atoms with Crippen LogP contribution < -0.4 is 9.80 Å². The zero-order valence-electron chi connectivity index (χ0n) is 23.4. The van der Waals surface area contributed by atoms with Crippen LogP contribution >= 0.6 is 22.7 Å². The van der Waals surface area contributed by atoms with Gasteiger partial charge in [0.25, 0.3) is 0 Å². The number of anilines is 2. The van der Waals surface area contributed by atoms with Gasteiger partial charge in [0.15, 0.2) is 0 Å². The fourth-order valence-electron chi connectivity index (χ4n) is 6.33. The average Bonchev–Trinajstić information content (AvgIpc) is 3.73. The van der Waals surface area contributed by atoms with Crippen LogP contribution in [-0.4, -0.2) is 38.8 Å². The van der Waals surface area contributed by atoms with Crippen molar-refractivity contribution in [3.05, 3.63) is 96.9 Å². The summed E-state index contributed by atoms with van der Waals surface area (Å²) in [6.07, 6.45) is 13.1. The van der Waals surface area contributed by atoms with Gasteiger partial charge in [-0.1, -0.05) is 24.3 Å². The van der Waals surface area contributed by atoms with E-state index < -0.39 is 0 Å². The van der Waals surface area contributed by atoms with Crippen LogP contribution in [0.3, 0.4) is 0 Å². The van der Waals surface area contributed by atoms with Crippen molar-refractivity contribution in [2.45, 2.75) is 40.0 Å². The molecule has 2 atom stereocenters. The first-order valence-corrected chi connectivity index (χ1v) is 15.6. The predicted molar refractivity (Wildman–Crippen MR) is 174 cm³/mol. The normalized spacial score (nSPS) is 18.9. The van der Waals surface area contributed by atoms with E-state index in [0.29, 0.717) is 0 Å². The summed E-state index contributed by atoms with van der Waals surface area (Å²) in [5, 5.41) is 5.03. The van der Waals surface area contributed by atoms with Crippen LogP contribution in [0, 0.1) is 13.8 Å². The SMILES string of the molecule is Cc1ccc2c(sc3ncccc32)c1N1C=CN(CN2C=CN(c3c(C)ccc4c3sc3ncccc34)[C@H]2C)[C@H]1C. The lowest BCUT2D eigenvalue weighted by Crippen LogP contribution is -2.45. The molecule has 2 aliphatic rings. The topological polar surface area (TPSA) is 38.7 Å². The van der Waals surface area contributed by atoms with Gasteiger partial charge >= 0.3 is 0 Å². The first-order chi connectivity index (χ1) is 20.0. The smallest absolute Gasteiger partial charge is 0.124 e. The lowest BCUT2D eigenvalue weighted by Gasteiger charge is -2.37. The number of aromatic nitrogens is 2. The Morgan fingerprint density at radius 1 is 0.610 bits per heavy atom. The summed E-state index contributed by atoms with van der Waals surface area (Å²) in [4.78, 5) is 21.2. The first kappa shape index (κ1) is 24.6. The summed E-state index contributed by atoms with van der Waals surface area (Å²) in [6.45, 7) is 9.81. The van der Waals surface area contributed by atoms with E-state index in [2.05, 4.69) is 118 Å². The molecule has 2 aliphatic heterocycles. The molecule has 4 aromatic heterocycles. The summed E-state index contributed by atoms with van der Waals surface area (Å²) in [5.74, 6) is 0. The molecular weight excluding hydrogens is 545 g/mol. The van der Waals surface area contributed by atoms with Crippen LogP contribution in [0.25, 0.3) is 40.6 Å². The molecule has 0 saturated carbocycles. The van der Waals surface area contributed by atoms with E-state index in [4.69, 9.17) is 0 Å². The number of thiophene rings is 2. The van der Waals surface area contributed by atoms with Crippen LogP contribution in [0.5, 0.6) is 0 Å². The quantitative estimate of drug-likeness (QED) is 0.211. The summed E-state index contributed by atoms with van der Waals surface area (Å²) in [7, 11) is 0. The molecule has 204 valence electrons. The minimum Gasteiger partial charge on any atom is -0.338 e. The Hall–Kier alpha value is -4.14. The van der Waals surface area contributed by atoms with E-state index in [0.717, 1.165) is 16.3 Å². The van der Waals surface area contributed by atoms with Crippen molar-refractivity contribution in [1.82, 2.24) is 19.8 Å². The molecule has 0 unspecified atom stereocenters. The number of rotatable bonds is 4. The molecule has 0 spiro atoms. The molecule has 0 saturated heterocycles. The molecule has 8 rings (SSSR count). The lowest BCUT2D eigenvalue weighted by molar-refractivity contribution is 0.176. The second-order valence-electron chi connectivity index (χ2n) is 11.0. The largest absolute Gasteiger partial charge is 0.338 e. The highest BCUT2D eigenvalue weighted by Crippen LogP contribution is 2.44. The zero-order valence-corrected chi connectivity index (χ0v) is 25.1. The summed E-state index contributed by atoms with van der Waals surface area (Å²) in [6, 6.07) is 17.4. The number of fused-ring (bicyclic) bond motifs is 6. The lowest BCUT2D eigenvalue weighted by atomic mass is 10.1. The molecule has 6 nitrogen and oxygen atoms in total. The molecule has 0 radical (unpaired) electrons. The molecule has 2 aromatic carbocycles. The van der Waals surface area contributed by atoms with Crippen molar-refractivity contribution >= 4 is 74.7 Å². The molecule has 41 heavy (non-hydrogen) atoms. The standard InChI is InChI=1S/C33H30N6S2/c1-20-9-11-24-26-7-5-13-34-32(26)40-30(24)28(20)38-17-15-36(22(38)3)19-37-16-18-39(23(37)4)29-21(2)10-12-25-27-8-6-14-35-33(27)41-31(25)29/h5-18,22-23H,19H2,1-4H3/t22-,23+. The maximum Gasteiger partial charge on any atom is 0.124 e. The van der Waals surface area contributed by atoms with Crippen molar-refractivity contribution in [2.24, 2.45) is 0 Å². The van der Waals surface area contributed by atoms with Crippen molar-refractivity contribution in [1.29, 1.82) is 0 Å². The van der Waals surface area contributed by atoms with E-state index in [1.54, 1.807) is 22.7 Å². The number of aryl methyl sites for hydroxylation is 2. The maximum absolute atomic E-state index is 4.65. The molecule has 0 bridgehead atoms. The molecule has 6 heterocycles.